The average Bonchev–Trinajstić information content (AvgIpc) is 2.34. The predicted molar refractivity (Wildman–Crippen MR) is 69.0 cm³/mol. The van der Waals surface area contributed by atoms with Crippen molar-refractivity contribution in [3.63, 3.8) is 0 Å². The van der Waals surface area contributed by atoms with Crippen LogP contribution in [0.4, 0.5) is 0 Å². The maximum absolute atomic E-state index is 11.8. The van der Waals surface area contributed by atoms with Crippen LogP contribution in [0.1, 0.15) is 36.2 Å². The van der Waals surface area contributed by atoms with Gasteiger partial charge in [-0.25, -0.2) is 0 Å². The lowest BCUT2D eigenvalue weighted by molar-refractivity contribution is 0.0850. The Hall–Kier alpha value is -1.35. The van der Waals surface area contributed by atoms with Crippen LogP contribution in [0.15, 0.2) is 24.3 Å². The second-order valence-corrected chi connectivity index (χ2v) is 4.53. The molecule has 3 heteroatoms. The van der Waals surface area contributed by atoms with Gasteiger partial charge in [-0.2, -0.15) is 0 Å². The van der Waals surface area contributed by atoms with Gasteiger partial charge in [0.1, 0.15) is 0 Å². The van der Waals surface area contributed by atoms with Crippen LogP contribution < -0.4 is 5.32 Å². The molecule has 0 aliphatic rings. The molecule has 17 heavy (non-hydrogen) atoms. The van der Waals surface area contributed by atoms with Crippen molar-refractivity contribution < 1.29 is 9.90 Å². The Labute approximate surface area is 103 Å². The minimum atomic E-state index is -0.478. The summed E-state index contributed by atoms with van der Waals surface area (Å²) >= 11 is 0. The Morgan fingerprint density at radius 1 is 1.47 bits per heavy atom. The first-order valence-electron chi connectivity index (χ1n) is 6.07. The molecule has 0 saturated heterocycles. The van der Waals surface area contributed by atoms with E-state index in [1.165, 1.54) is 0 Å². The largest absolute Gasteiger partial charge is 0.391 e. The molecule has 0 fully saturated rings. The second-order valence-electron chi connectivity index (χ2n) is 4.53. The lowest BCUT2D eigenvalue weighted by Crippen LogP contribution is -2.35. The molecule has 2 unspecified atom stereocenters. The molecule has 2 atom stereocenters. The van der Waals surface area contributed by atoms with E-state index < -0.39 is 6.10 Å². The van der Waals surface area contributed by atoms with E-state index in [1.807, 2.05) is 39.0 Å². The summed E-state index contributed by atoms with van der Waals surface area (Å²) in [6.45, 7) is 6.26. The number of amides is 1. The first-order chi connectivity index (χ1) is 8.04. The molecular formula is C14H21NO2. The average molecular weight is 235 g/mol. The number of benzene rings is 1. The number of hydrogen-bond acceptors (Lipinski definition) is 2. The van der Waals surface area contributed by atoms with Crippen LogP contribution in [0.2, 0.25) is 0 Å². The SMILES string of the molecule is CCC(C)C(O)CNC(=O)c1cccc(C)c1. The normalized spacial score (nSPS) is 14.1. The van der Waals surface area contributed by atoms with Crippen molar-refractivity contribution >= 4 is 5.91 Å². The number of carbonyl (C=O) groups excluding carboxylic acids is 1. The standard InChI is InChI=1S/C14H21NO2/c1-4-11(3)13(16)9-15-14(17)12-7-5-6-10(2)8-12/h5-8,11,13,16H,4,9H2,1-3H3,(H,15,17). The van der Waals surface area contributed by atoms with Gasteiger partial charge in [0.15, 0.2) is 0 Å². The summed E-state index contributed by atoms with van der Waals surface area (Å²) in [7, 11) is 0. The van der Waals surface area contributed by atoms with Crippen molar-refractivity contribution in [2.24, 2.45) is 5.92 Å². The van der Waals surface area contributed by atoms with Crippen LogP contribution >= 0.6 is 0 Å². The van der Waals surface area contributed by atoms with E-state index >= 15 is 0 Å². The molecule has 0 aliphatic carbocycles. The number of rotatable bonds is 5. The lowest BCUT2D eigenvalue weighted by Gasteiger charge is -2.17. The van der Waals surface area contributed by atoms with Crippen LogP contribution in [0.25, 0.3) is 0 Å². The Balaban J connectivity index is 2.50. The summed E-state index contributed by atoms with van der Waals surface area (Å²) in [4.78, 5) is 11.8. The van der Waals surface area contributed by atoms with E-state index in [0.29, 0.717) is 12.1 Å². The van der Waals surface area contributed by atoms with Gasteiger partial charge in [0.2, 0.25) is 0 Å². The van der Waals surface area contributed by atoms with Crippen LogP contribution in [-0.2, 0) is 0 Å². The molecule has 1 rings (SSSR count). The Bertz CT molecular complexity index is 376. The minimum absolute atomic E-state index is 0.129. The third-order valence-electron chi connectivity index (χ3n) is 3.05. The highest BCUT2D eigenvalue weighted by atomic mass is 16.3. The second kappa shape index (κ2) is 6.40. The predicted octanol–water partition coefficient (Wildman–Crippen LogP) is 2.13. The number of nitrogens with one attached hydrogen (secondary N) is 1. The van der Waals surface area contributed by atoms with Gasteiger partial charge in [-0.3, -0.25) is 4.79 Å². The Morgan fingerprint density at radius 2 is 2.18 bits per heavy atom. The lowest BCUT2D eigenvalue weighted by atomic mass is 10.0. The van der Waals surface area contributed by atoms with Crippen LogP contribution in [0, 0.1) is 12.8 Å². The third kappa shape index (κ3) is 4.19. The van der Waals surface area contributed by atoms with E-state index in [-0.39, 0.29) is 11.8 Å². The van der Waals surface area contributed by atoms with E-state index in [2.05, 4.69) is 5.32 Å². The molecule has 2 N–H and O–H groups in total. The minimum Gasteiger partial charge on any atom is -0.391 e. The van der Waals surface area contributed by atoms with Gasteiger partial charge in [0.25, 0.3) is 5.91 Å². The zero-order chi connectivity index (χ0) is 12.8. The smallest absolute Gasteiger partial charge is 0.251 e. The molecular weight excluding hydrogens is 214 g/mol. The molecule has 0 radical (unpaired) electrons. The molecule has 1 aromatic rings. The summed E-state index contributed by atoms with van der Waals surface area (Å²) < 4.78 is 0. The zero-order valence-electron chi connectivity index (χ0n) is 10.7. The summed E-state index contributed by atoms with van der Waals surface area (Å²) in [6.07, 6.45) is 0.426. The molecule has 3 nitrogen and oxygen atoms in total. The fraction of sp³-hybridized carbons (Fsp3) is 0.500. The third-order valence-corrected chi connectivity index (χ3v) is 3.05. The summed E-state index contributed by atoms with van der Waals surface area (Å²) in [5.41, 5.74) is 1.70. The van der Waals surface area contributed by atoms with Gasteiger partial charge >= 0.3 is 0 Å². The van der Waals surface area contributed by atoms with Crippen molar-refractivity contribution in [2.45, 2.75) is 33.3 Å². The first kappa shape index (κ1) is 13.7. The van der Waals surface area contributed by atoms with E-state index in [1.54, 1.807) is 6.07 Å². The molecule has 0 saturated carbocycles. The highest BCUT2D eigenvalue weighted by Crippen LogP contribution is 2.07. The number of aliphatic hydroxyl groups is 1. The number of carbonyl (C=O) groups is 1. The fourth-order valence-corrected chi connectivity index (χ4v) is 1.56. The van der Waals surface area contributed by atoms with E-state index in [9.17, 15) is 9.90 Å². The summed E-state index contributed by atoms with van der Waals surface area (Å²) in [5, 5.41) is 12.5. The van der Waals surface area contributed by atoms with Crippen molar-refractivity contribution in [3.05, 3.63) is 35.4 Å². The van der Waals surface area contributed by atoms with Gasteiger partial charge in [0.05, 0.1) is 6.10 Å². The highest BCUT2D eigenvalue weighted by molar-refractivity contribution is 5.94. The van der Waals surface area contributed by atoms with Gasteiger partial charge in [-0.1, -0.05) is 38.0 Å². The molecule has 1 aromatic carbocycles. The summed E-state index contributed by atoms with van der Waals surface area (Å²) in [5.74, 6) is 0.0730. The van der Waals surface area contributed by atoms with Crippen LogP contribution in [0.3, 0.4) is 0 Å². The Morgan fingerprint density at radius 3 is 2.76 bits per heavy atom. The topological polar surface area (TPSA) is 49.3 Å². The quantitative estimate of drug-likeness (QED) is 0.821. The fourth-order valence-electron chi connectivity index (χ4n) is 1.56. The molecule has 94 valence electrons. The van der Waals surface area contributed by atoms with Crippen LogP contribution in [-0.4, -0.2) is 23.7 Å². The van der Waals surface area contributed by atoms with E-state index in [4.69, 9.17) is 0 Å². The van der Waals surface area contributed by atoms with Crippen LogP contribution in [0.5, 0.6) is 0 Å². The highest BCUT2D eigenvalue weighted by Gasteiger charge is 2.13. The molecule has 0 heterocycles. The van der Waals surface area contributed by atoms with Gasteiger partial charge in [-0.05, 0) is 25.0 Å². The van der Waals surface area contributed by atoms with Gasteiger partial charge in [0, 0.05) is 12.1 Å². The van der Waals surface area contributed by atoms with Crippen molar-refractivity contribution in [3.8, 4) is 0 Å². The molecule has 0 aromatic heterocycles. The monoisotopic (exact) mass is 235 g/mol. The molecule has 0 bridgehead atoms. The van der Waals surface area contributed by atoms with Crippen molar-refractivity contribution in [1.82, 2.24) is 5.32 Å². The molecule has 0 aliphatic heterocycles. The number of hydrogen-bond donors (Lipinski definition) is 2. The Kier molecular flexibility index (Phi) is 5.16. The van der Waals surface area contributed by atoms with Gasteiger partial charge < -0.3 is 10.4 Å². The van der Waals surface area contributed by atoms with Crippen molar-refractivity contribution in [1.29, 1.82) is 0 Å². The first-order valence-corrected chi connectivity index (χ1v) is 6.07. The number of aryl methyl sites for hydroxylation is 1. The molecule has 0 spiro atoms. The maximum Gasteiger partial charge on any atom is 0.251 e. The summed E-state index contributed by atoms with van der Waals surface area (Å²) in [6, 6.07) is 7.42. The zero-order valence-corrected chi connectivity index (χ0v) is 10.7. The van der Waals surface area contributed by atoms with Crippen molar-refractivity contribution in [2.75, 3.05) is 6.54 Å². The number of aliphatic hydroxyl groups excluding tert-OH is 1. The van der Waals surface area contributed by atoms with E-state index in [0.717, 1.165) is 12.0 Å². The molecule has 1 amide bonds. The van der Waals surface area contributed by atoms with Gasteiger partial charge in [-0.15, -0.1) is 0 Å². The maximum atomic E-state index is 11.8.